The second-order valence-corrected chi connectivity index (χ2v) is 5.16. The van der Waals surface area contributed by atoms with E-state index in [4.69, 9.17) is 4.74 Å². The summed E-state index contributed by atoms with van der Waals surface area (Å²) < 4.78 is 8.29. The van der Waals surface area contributed by atoms with Crippen LogP contribution in [0.3, 0.4) is 0 Å². The van der Waals surface area contributed by atoms with Gasteiger partial charge in [-0.25, -0.2) is 4.79 Å². The third kappa shape index (κ3) is 3.47. The SMILES string of the molecule is CC(C)n1ccn(CC(=O)NC2CCOCC2)c1=O. The normalized spacial score (nSPS) is 16.8. The summed E-state index contributed by atoms with van der Waals surface area (Å²) in [5, 5.41) is 2.95. The molecule has 1 N–H and O–H groups in total. The predicted molar refractivity (Wildman–Crippen MR) is 71.1 cm³/mol. The number of hydrogen-bond acceptors (Lipinski definition) is 3. The number of rotatable bonds is 4. The fraction of sp³-hybridized carbons (Fsp3) is 0.692. The number of amides is 1. The van der Waals surface area contributed by atoms with Crippen molar-refractivity contribution in [3.05, 3.63) is 22.9 Å². The van der Waals surface area contributed by atoms with Crippen molar-refractivity contribution in [2.45, 2.75) is 45.3 Å². The van der Waals surface area contributed by atoms with Gasteiger partial charge in [-0.2, -0.15) is 0 Å². The monoisotopic (exact) mass is 267 g/mol. The van der Waals surface area contributed by atoms with E-state index in [0.717, 1.165) is 12.8 Å². The van der Waals surface area contributed by atoms with E-state index in [1.165, 1.54) is 4.57 Å². The lowest BCUT2D eigenvalue weighted by atomic mass is 10.1. The van der Waals surface area contributed by atoms with E-state index in [2.05, 4.69) is 5.32 Å². The summed E-state index contributed by atoms with van der Waals surface area (Å²) in [5.41, 5.74) is -0.142. The molecular formula is C13H21N3O3. The molecule has 0 radical (unpaired) electrons. The minimum atomic E-state index is -0.142. The molecule has 1 aromatic heterocycles. The Bertz CT molecular complexity index is 484. The maximum atomic E-state index is 12.0. The highest BCUT2D eigenvalue weighted by Gasteiger charge is 2.17. The van der Waals surface area contributed by atoms with Crippen LogP contribution in [0, 0.1) is 0 Å². The lowest BCUT2D eigenvalue weighted by molar-refractivity contribution is -0.123. The molecule has 6 nitrogen and oxygen atoms in total. The van der Waals surface area contributed by atoms with Gasteiger partial charge in [0, 0.05) is 37.7 Å². The smallest absolute Gasteiger partial charge is 0.328 e. The molecule has 1 aliphatic heterocycles. The topological polar surface area (TPSA) is 65.3 Å². The van der Waals surface area contributed by atoms with E-state index in [1.807, 2.05) is 13.8 Å². The minimum Gasteiger partial charge on any atom is -0.381 e. The summed E-state index contributed by atoms with van der Waals surface area (Å²) in [6.07, 6.45) is 5.06. The number of nitrogens with one attached hydrogen (secondary N) is 1. The minimum absolute atomic E-state index is 0.0793. The van der Waals surface area contributed by atoms with E-state index in [0.29, 0.717) is 13.2 Å². The zero-order valence-electron chi connectivity index (χ0n) is 11.5. The summed E-state index contributed by atoms with van der Waals surface area (Å²) in [4.78, 5) is 23.9. The number of carbonyl (C=O) groups is 1. The Hall–Kier alpha value is -1.56. The van der Waals surface area contributed by atoms with Crippen molar-refractivity contribution in [2.75, 3.05) is 13.2 Å². The van der Waals surface area contributed by atoms with Gasteiger partial charge < -0.3 is 10.1 Å². The fourth-order valence-electron chi connectivity index (χ4n) is 2.21. The number of carbonyl (C=O) groups excluding carboxylic acids is 1. The molecule has 19 heavy (non-hydrogen) atoms. The van der Waals surface area contributed by atoms with Crippen molar-refractivity contribution in [2.24, 2.45) is 0 Å². The molecule has 2 rings (SSSR count). The average molecular weight is 267 g/mol. The van der Waals surface area contributed by atoms with Crippen LogP contribution in [-0.2, 0) is 16.1 Å². The van der Waals surface area contributed by atoms with E-state index in [1.54, 1.807) is 17.0 Å². The van der Waals surface area contributed by atoms with Gasteiger partial charge in [-0.1, -0.05) is 0 Å². The summed E-state index contributed by atoms with van der Waals surface area (Å²) >= 11 is 0. The Balaban J connectivity index is 1.93. The summed E-state index contributed by atoms with van der Waals surface area (Å²) in [7, 11) is 0. The Morgan fingerprint density at radius 1 is 1.42 bits per heavy atom. The standard InChI is InChI=1S/C13H21N3O3/c1-10(2)16-6-5-15(13(16)18)9-12(17)14-11-3-7-19-8-4-11/h5-6,10-11H,3-4,7-9H2,1-2H3,(H,14,17). The van der Waals surface area contributed by atoms with E-state index in [-0.39, 0.29) is 30.2 Å². The first-order valence-electron chi connectivity index (χ1n) is 6.72. The van der Waals surface area contributed by atoms with Crippen LogP contribution in [0.25, 0.3) is 0 Å². The van der Waals surface area contributed by atoms with Crippen LogP contribution in [0.4, 0.5) is 0 Å². The van der Waals surface area contributed by atoms with Crippen molar-refractivity contribution in [1.82, 2.24) is 14.5 Å². The van der Waals surface area contributed by atoms with Crippen LogP contribution in [-0.4, -0.2) is 34.3 Å². The Morgan fingerprint density at radius 2 is 2.11 bits per heavy atom. The molecule has 1 amide bonds. The first-order valence-corrected chi connectivity index (χ1v) is 6.72. The third-order valence-electron chi connectivity index (χ3n) is 3.33. The quantitative estimate of drug-likeness (QED) is 0.865. The van der Waals surface area contributed by atoms with Crippen molar-refractivity contribution in [3.8, 4) is 0 Å². The van der Waals surface area contributed by atoms with Crippen LogP contribution >= 0.6 is 0 Å². The lowest BCUT2D eigenvalue weighted by Crippen LogP contribution is -2.41. The van der Waals surface area contributed by atoms with Crippen LogP contribution < -0.4 is 11.0 Å². The van der Waals surface area contributed by atoms with E-state index in [9.17, 15) is 9.59 Å². The molecule has 0 unspecified atom stereocenters. The van der Waals surface area contributed by atoms with Crippen LogP contribution in [0.2, 0.25) is 0 Å². The van der Waals surface area contributed by atoms with Gasteiger partial charge in [0.05, 0.1) is 0 Å². The molecule has 0 aliphatic carbocycles. The molecule has 0 atom stereocenters. The van der Waals surface area contributed by atoms with Gasteiger partial charge in [0.25, 0.3) is 0 Å². The van der Waals surface area contributed by atoms with Crippen LogP contribution in [0.5, 0.6) is 0 Å². The Morgan fingerprint density at radius 3 is 2.68 bits per heavy atom. The molecule has 2 heterocycles. The zero-order valence-corrected chi connectivity index (χ0v) is 11.5. The molecule has 106 valence electrons. The van der Waals surface area contributed by atoms with Crippen molar-refractivity contribution in [1.29, 1.82) is 0 Å². The van der Waals surface area contributed by atoms with E-state index < -0.39 is 0 Å². The lowest BCUT2D eigenvalue weighted by Gasteiger charge is -2.23. The van der Waals surface area contributed by atoms with Crippen molar-refractivity contribution in [3.63, 3.8) is 0 Å². The van der Waals surface area contributed by atoms with Crippen molar-refractivity contribution >= 4 is 5.91 Å². The Kier molecular flexibility index (Phi) is 4.42. The highest BCUT2D eigenvalue weighted by atomic mass is 16.5. The highest BCUT2D eigenvalue weighted by Crippen LogP contribution is 2.06. The molecule has 1 aliphatic rings. The van der Waals surface area contributed by atoms with Crippen LogP contribution in [0.15, 0.2) is 17.2 Å². The number of hydrogen-bond donors (Lipinski definition) is 1. The van der Waals surface area contributed by atoms with Crippen LogP contribution in [0.1, 0.15) is 32.7 Å². The molecule has 0 aromatic carbocycles. The first-order chi connectivity index (χ1) is 9.08. The number of ether oxygens (including phenoxy) is 1. The van der Waals surface area contributed by atoms with Gasteiger partial charge in [0.1, 0.15) is 6.54 Å². The van der Waals surface area contributed by atoms with Gasteiger partial charge in [0.2, 0.25) is 5.91 Å². The molecule has 6 heteroatoms. The van der Waals surface area contributed by atoms with Gasteiger partial charge in [-0.3, -0.25) is 13.9 Å². The van der Waals surface area contributed by atoms with Gasteiger partial charge in [-0.15, -0.1) is 0 Å². The number of imidazole rings is 1. The number of aromatic nitrogens is 2. The van der Waals surface area contributed by atoms with Gasteiger partial charge >= 0.3 is 5.69 Å². The zero-order chi connectivity index (χ0) is 13.8. The second-order valence-electron chi connectivity index (χ2n) is 5.16. The predicted octanol–water partition coefficient (Wildman–Crippen LogP) is 0.526. The molecule has 0 saturated carbocycles. The third-order valence-corrected chi connectivity index (χ3v) is 3.33. The summed E-state index contributed by atoms with van der Waals surface area (Å²) in [5.74, 6) is -0.115. The first kappa shape index (κ1) is 13.9. The molecular weight excluding hydrogens is 246 g/mol. The summed E-state index contributed by atoms with van der Waals surface area (Å²) in [6.45, 7) is 5.33. The maximum Gasteiger partial charge on any atom is 0.328 e. The van der Waals surface area contributed by atoms with E-state index >= 15 is 0 Å². The molecule has 0 spiro atoms. The highest BCUT2D eigenvalue weighted by molar-refractivity contribution is 5.76. The largest absolute Gasteiger partial charge is 0.381 e. The molecule has 1 aromatic rings. The van der Waals surface area contributed by atoms with Crippen molar-refractivity contribution < 1.29 is 9.53 Å². The molecule has 0 bridgehead atoms. The fourth-order valence-corrected chi connectivity index (χ4v) is 2.21. The average Bonchev–Trinajstić information content (AvgIpc) is 2.72. The summed E-state index contributed by atoms with van der Waals surface area (Å²) in [6, 6.07) is 0.274. The van der Waals surface area contributed by atoms with Gasteiger partial charge in [-0.05, 0) is 26.7 Å². The second kappa shape index (κ2) is 6.06. The molecule has 1 fully saturated rings. The van der Waals surface area contributed by atoms with Gasteiger partial charge in [0.15, 0.2) is 0 Å². The maximum absolute atomic E-state index is 12.0. The Labute approximate surface area is 112 Å². The molecule has 1 saturated heterocycles. The number of nitrogens with zero attached hydrogens (tertiary/aromatic N) is 2.